The van der Waals surface area contributed by atoms with Crippen LogP contribution in [0, 0.1) is 5.92 Å². The predicted octanol–water partition coefficient (Wildman–Crippen LogP) is 2.68. The van der Waals surface area contributed by atoms with Gasteiger partial charge in [-0.3, -0.25) is 4.90 Å². The van der Waals surface area contributed by atoms with E-state index in [1.54, 1.807) is 0 Å². The van der Waals surface area contributed by atoms with Crippen LogP contribution in [0.1, 0.15) is 31.2 Å². The lowest BCUT2D eigenvalue weighted by Crippen LogP contribution is -2.36. The first-order valence-electron chi connectivity index (χ1n) is 9.04. The highest BCUT2D eigenvalue weighted by Gasteiger charge is 2.19. The molecule has 4 nitrogen and oxygen atoms in total. The van der Waals surface area contributed by atoms with Crippen molar-refractivity contribution in [2.45, 2.75) is 38.3 Å². The summed E-state index contributed by atoms with van der Waals surface area (Å²) in [6, 6.07) is 8.59. The van der Waals surface area contributed by atoms with Crippen LogP contribution in [-0.2, 0) is 11.3 Å². The van der Waals surface area contributed by atoms with Crippen LogP contribution in [0.4, 0.5) is 0 Å². The molecule has 0 spiro atoms. The maximum absolute atomic E-state index is 5.83. The van der Waals surface area contributed by atoms with Crippen LogP contribution < -0.4 is 10.1 Å². The smallest absolute Gasteiger partial charge is 0.119 e. The van der Waals surface area contributed by atoms with Crippen LogP contribution in [0.3, 0.4) is 0 Å². The first-order chi connectivity index (χ1) is 11.3. The van der Waals surface area contributed by atoms with E-state index in [4.69, 9.17) is 9.47 Å². The molecule has 0 amide bonds. The Kier molecular flexibility index (Phi) is 6.31. The molecule has 3 rings (SSSR count). The first-order valence-corrected chi connectivity index (χ1v) is 9.04. The molecule has 1 unspecified atom stereocenters. The zero-order chi connectivity index (χ0) is 15.9. The van der Waals surface area contributed by atoms with Crippen LogP contribution in [0.5, 0.6) is 5.75 Å². The quantitative estimate of drug-likeness (QED) is 0.838. The van der Waals surface area contributed by atoms with Crippen molar-refractivity contribution in [1.29, 1.82) is 0 Å². The maximum atomic E-state index is 5.83. The first kappa shape index (κ1) is 16.7. The van der Waals surface area contributed by atoms with Crippen molar-refractivity contribution in [3.05, 3.63) is 29.8 Å². The average molecular weight is 318 g/mol. The number of nitrogens with one attached hydrogen (secondary N) is 1. The van der Waals surface area contributed by atoms with Gasteiger partial charge < -0.3 is 14.8 Å². The Labute approximate surface area is 140 Å². The van der Waals surface area contributed by atoms with Gasteiger partial charge in [0.05, 0.1) is 6.10 Å². The molecule has 2 aliphatic rings. The minimum absolute atomic E-state index is 0.286. The summed E-state index contributed by atoms with van der Waals surface area (Å²) in [7, 11) is 2.05. The lowest BCUT2D eigenvalue weighted by Gasteiger charge is -2.31. The zero-order valence-corrected chi connectivity index (χ0v) is 14.3. The van der Waals surface area contributed by atoms with Crippen LogP contribution in [0.2, 0.25) is 0 Å². The van der Waals surface area contributed by atoms with Crippen molar-refractivity contribution in [3.8, 4) is 5.75 Å². The van der Waals surface area contributed by atoms with Gasteiger partial charge in [-0.25, -0.2) is 0 Å². The van der Waals surface area contributed by atoms with Gasteiger partial charge >= 0.3 is 0 Å². The number of likely N-dealkylation sites (tertiary alicyclic amines) is 1. The summed E-state index contributed by atoms with van der Waals surface area (Å²) in [6.45, 7) is 6.20. The van der Waals surface area contributed by atoms with Crippen LogP contribution in [0.25, 0.3) is 0 Å². The van der Waals surface area contributed by atoms with Gasteiger partial charge in [0.15, 0.2) is 0 Å². The van der Waals surface area contributed by atoms with Gasteiger partial charge in [0.25, 0.3) is 0 Å². The van der Waals surface area contributed by atoms with Gasteiger partial charge in [0.2, 0.25) is 0 Å². The molecule has 1 aromatic carbocycles. The van der Waals surface area contributed by atoms with E-state index in [0.29, 0.717) is 6.61 Å². The molecule has 2 heterocycles. The fourth-order valence-corrected chi connectivity index (χ4v) is 3.55. The summed E-state index contributed by atoms with van der Waals surface area (Å²) in [4.78, 5) is 2.56. The Morgan fingerprint density at radius 1 is 1.17 bits per heavy atom. The van der Waals surface area contributed by atoms with E-state index < -0.39 is 0 Å². The van der Waals surface area contributed by atoms with E-state index in [0.717, 1.165) is 44.2 Å². The van der Waals surface area contributed by atoms with Crippen molar-refractivity contribution in [2.24, 2.45) is 5.92 Å². The number of rotatable bonds is 7. The lowest BCUT2D eigenvalue weighted by atomic mass is 9.96. The minimum Gasteiger partial charge on any atom is -0.491 e. The largest absolute Gasteiger partial charge is 0.491 e. The molecule has 0 aliphatic carbocycles. The van der Waals surface area contributed by atoms with E-state index in [2.05, 4.69) is 41.5 Å². The fourth-order valence-electron chi connectivity index (χ4n) is 3.55. The summed E-state index contributed by atoms with van der Waals surface area (Å²) in [6.07, 6.45) is 5.19. The van der Waals surface area contributed by atoms with Crippen molar-refractivity contribution in [3.63, 3.8) is 0 Å². The number of hydrogen-bond donors (Lipinski definition) is 1. The topological polar surface area (TPSA) is 33.7 Å². The maximum Gasteiger partial charge on any atom is 0.119 e. The summed E-state index contributed by atoms with van der Waals surface area (Å²) >= 11 is 0. The molecule has 0 aromatic heterocycles. The normalized spacial score (nSPS) is 23.3. The lowest BCUT2D eigenvalue weighted by molar-refractivity contribution is 0.0679. The van der Waals surface area contributed by atoms with Gasteiger partial charge in [0.1, 0.15) is 12.4 Å². The van der Waals surface area contributed by atoms with Gasteiger partial charge in [-0.15, -0.1) is 0 Å². The summed E-state index contributed by atoms with van der Waals surface area (Å²) < 4.78 is 11.4. The van der Waals surface area contributed by atoms with Gasteiger partial charge in [-0.1, -0.05) is 12.1 Å². The molecule has 128 valence electrons. The molecule has 0 radical (unpaired) electrons. The van der Waals surface area contributed by atoms with Crippen molar-refractivity contribution < 1.29 is 9.47 Å². The highest BCUT2D eigenvalue weighted by molar-refractivity contribution is 5.27. The molecule has 4 heteroatoms. The Balaban J connectivity index is 1.40. The zero-order valence-electron chi connectivity index (χ0n) is 14.3. The second-order valence-electron chi connectivity index (χ2n) is 6.87. The van der Waals surface area contributed by atoms with Crippen LogP contribution in [-0.4, -0.2) is 50.9 Å². The molecule has 2 aliphatic heterocycles. The molecule has 1 atom stereocenters. The highest BCUT2D eigenvalue weighted by Crippen LogP contribution is 2.20. The second-order valence-corrected chi connectivity index (χ2v) is 6.87. The molecule has 2 saturated heterocycles. The molecular formula is C19H30N2O2. The van der Waals surface area contributed by atoms with Crippen molar-refractivity contribution in [1.82, 2.24) is 10.2 Å². The molecule has 0 saturated carbocycles. The SMILES string of the molecule is CNCC1CCN(Cc2ccc(OCC3CCCO3)cc2)CC1. The molecular weight excluding hydrogens is 288 g/mol. The average Bonchev–Trinajstić information content (AvgIpc) is 3.10. The van der Waals surface area contributed by atoms with Gasteiger partial charge in [0, 0.05) is 13.2 Å². The highest BCUT2D eigenvalue weighted by atomic mass is 16.5. The monoisotopic (exact) mass is 318 g/mol. The Hall–Kier alpha value is -1.10. The Morgan fingerprint density at radius 2 is 1.96 bits per heavy atom. The molecule has 1 aromatic rings. The minimum atomic E-state index is 0.286. The third kappa shape index (κ3) is 5.20. The molecule has 0 bridgehead atoms. The van der Waals surface area contributed by atoms with Gasteiger partial charge in [-0.2, -0.15) is 0 Å². The number of hydrogen-bond acceptors (Lipinski definition) is 4. The van der Waals surface area contributed by atoms with E-state index in [1.165, 1.54) is 31.5 Å². The predicted molar refractivity (Wildman–Crippen MR) is 92.8 cm³/mol. The molecule has 23 heavy (non-hydrogen) atoms. The third-order valence-electron chi connectivity index (χ3n) is 4.99. The summed E-state index contributed by atoms with van der Waals surface area (Å²) in [5, 5.41) is 3.30. The number of benzene rings is 1. The summed E-state index contributed by atoms with van der Waals surface area (Å²) in [5.41, 5.74) is 1.38. The number of nitrogens with zero attached hydrogens (tertiary/aromatic N) is 1. The van der Waals surface area contributed by atoms with E-state index in [1.807, 2.05) is 0 Å². The fraction of sp³-hybridized carbons (Fsp3) is 0.684. The van der Waals surface area contributed by atoms with Crippen LogP contribution >= 0.6 is 0 Å². The van der Waals surface area contributed by atoms with Crippen molar-refractivity contribution in [2.75, 3.05) is 39.9 Å². The number of piperidine rings is 1. The Bertz CT molecular complexity index is 449. The Morgan fingerprint density at radius 3 is 2.61 bits per heavy atom. The van der Waals surface area contributed by atoms with E-state index >= 15 is 0 Å². The number of ether oxygens (including phenoxy) is 2. The van der Waals surface area contributed by atoms with Crippen molar-refractivity contribution >= 4 is 0 Å². The molecule has 1 N–H and O–H groups in total. The van der Waals surface area contributed by atoms with E-state index in [9.17, 15) is 0 Å². The van der Waals surface area contributed by atoms with E-state index in [-0.39, 0.29) is 6.10 Å². The molecule has 2 fully saturated rings. The van der Waals surface area contributed by atoms with Gasteiger partial charge in [-0.05, 0) is 76.0 Å². The second kappa shape index (κ2) is 8.67. The standard InChI is InChI=1S/C19H30N2O2/c1-20-13-16-8-10-21(11-9-16)14-17-4-6-18(7-5-17)23-15-19-3-2-12-22-19/h4-7,16,19-20H,2-3,8-15H2,1H3. The third-order valence-corrected chi connectivity index (χ3v) is 4.99. The van der Waals surface area contributed by atoms with Crippen LogP contribution in [0.15, 0.2) is 24.3 Å². The summed E-state index contributed by atoms with van der Waals surface area (Å²) in [5.74, 6) is 1.81.